The van der Waals surface area contributed by atoms with Gasteiger partial charge in [-0.05, 0) is 49.4 Å². The van der Waals surface area contributed by atoms with E-state index in [1.165, 1.54) is 11.1 Å². The van der Waals surface area contributed by atoms with Crippen molar-refractivity contribution < 1.29 is 9.53 Å². The highest BCUT2D eigenvalue weighted by Crippen LogP contribution is 2.17. The molecule has 1 amide bonds. The molecule has 2 rings (SSSR count). The van der Waals surface area contributed by atoms with Crippen LogP contribution in [0.2, 0.25) is 0 Å². The van der Waals surface area contributed by atoms with Crippen LogP contribution in [0, 0.1) is 19.8 Å². The fourth-order valence-corrected chi connectivity index (χ4v) is 2.97. The zero-order valence-corrected chi connectivity index (χ0v) is 14.2. The van der Waals surface area contributed by atoms with Crippen molar-refractivity contribution in [3.05, 3.63) is 29.3 Å². The fourth-order valence-electron chi connectivity index (χ4n) is 2.97. The van der Waals surface area contributed by atoms with E-state index in [0.717, 1.165) is 31.8 Å². The van der Waals surface area contributed by atoms with Gasteiger partial charge in [0.15, 0.2) is 0 Å². The van der Waals surface area contributed by atoms with Gasteiger partial charge in [0.1, 0.15) is 5.75 Å². The number of nitrogens with zero attached hydrogens (tertiary/aromatic N) is 1. The van der Waals surface area contributed by atoms with Crippen molar-refractivity contribution in [3.8, 4) is 5.75 Å². The zero-order chi connectivity index (χ0) is 16.1. The molecule has 1 aliphatic rings. The minimum Gasteiger partial charge on any atom is -0.494 e. The number of piperazine rings is 1. The Morgan fingerprint density at radius 3 is 2.77 bits per heavy atom. The van der Waals surface area contributed by atoms with E-state index >= 15 is 0 Å². The molecule has 22 heavy (non-hydrogen) atoms. The molecule has 0 bridgehead atoms. The standard InChI is InChI=1S/C18H28N2O2/c1-13(2)17-18(21)19-8-10-20(17)9-5-11-22-16-7-6-14(3)15(4)12-16/h6-7,12-13,17H,5,8-11H2,1-4H3,(H,19,21). The highest BCUT2D eigenvalue weighted by Gasteiger charge is 2.31. The third-order valence-corrected chi connectivity index (χ3v) is 4.33. The highest BCUT2D eigenvalue weighted by molar-refractivity contribution is 5.82. The van der Waals surface area contributed by atoms with Gasteiger partial charge in [0.2, 0.25) is 5.91 Å². The summed E-state index contributed by atoms with van der Waals surface area (Å²) in [6, 6.07) is 6.19. The predicted molar refractivity (Wildman–Crippen MR) is 89.2 cm³/mol. The van der Waals surface area contributed by atoms with Crippen molar-refractivity contribution in [2.75, 3.05) is 26.2 Å². The molecule has 1 atom stereocenters. The van der Waals surface area contributed by atoms with Gasteiger partial charge in [-0.1, -0.05) is 19.9 Å². The normalized spacial score (nSPS) is 19.3. The van der Waals surface area contributed by atoms with Crippen LogP contribution in [0.25, 0.3) is 0 Å². The Bertz CT molecular complexity index is 514. The molecule has 1 aliphatic heterocycles. The summed E-state index contributed by atoms with van der Waals surface area (Å²) in [4.78, 5) is 14.3. The van der Waals surface area contributed by atoms with Crippen molar-refractivity contribution in [1.82, 2.24) is 10.2 Å². The molecule has 1 saturated heterocycles. The summed E-state index contributed by atoms with van der Waals surface area (Å²) < 4.78 is 5.83. The van der Waals surface area contributed by atoms with E-state index in [9.17, 15) is 4.79 Å². The number of carbonyl (C=O) groups excluding carboxylic acids is 1. The van der Waals surface area contributed by atoms with Gasteiger partial charge in [0.05, 0.1) is 12.6 Å². The van der Waals surface area contributed by atoms with Gasteiger partial charge in [-0.25, -0.2) is 0 Å². The van der Waals surface area contributed by atoms with Gasteiger partial charge in [-0.15, -0.1) is 0 Å². The lowest BCUT2D eigenvalue weighted by Crippen LogP contribution is -2.57. The number of carbonyl (C=O) groups is 1. The van der Waals surface area contributed by atoms with Crippen LogP contribution in [0.4, 0.5) is 0 Å². The molecule has 0 radical (unpaired) electrons. The minimum atomic E-state index is -0.00429. The van der Waals surface area contributed by atoms with Gasteiger partial charge in [0.25, 0.3) is 0 Å². The fraction of sp³-hybridized carbons (Fsp3) is 0.611. The molecule has 1 heterocycles. The SMILES string of the molecule is Cc1ccc(OCCCN2CCNC(=O)C2C(C)C)cc1C. The first-order valence-electron chi connectivity index (χ1n) is 8.21. The smallest absolute Gasteiger partial charge is 0.237 e. The average molecular weight is 304 g/mol. The van der Waals surface area contributed by atoms with E-state index in [1.807, 2.05) is 6.07 Å². The lowest BCUT2D eigenvalue weighted by molar-refractivity contribution is -0.130. The molecule has 1 N–H and O–H groups in total. The van der Waals surface area contributed by atoms with E-state index in [1.54, 1.807) is 0 Å². The Balaban J connectivity index is 1.80. The number of benzene rings is 1. The number of amides is 1. The van der Waals surface area contributed by atoms with Crippen LogP contribution in [0.3, 0.4) is 0 Å². The number of ether oxygens (including phenoxy) is 1. The molecule has 4 heteroatoms. The molecule has 122 valence electrons. The maximum atomic E-state index is 12.0. The molecule has 1 fully saturated rings. The van der Waals surface area contributed by atoms with Gasteiger partial charge < -0.3 is 10.1 Å². The van der Waals surface area contributed by atoms with Gasteiger partial charge in [0, 0.05) is 19.6 Å². The number of hydrogen-bond acceptors (Lipinski definition) is 3. The summed E-state index contributed by atoms with van der Waals surface area (Å²) in [5.74, 6) is 1.43. The molecule has 0 aromatic heterocycles. The van der Waals surface area contributed by atoms with E-state index in [0.29, 0.717) is 12.5 Å². The first kappa shape index (κ1) is 16.8. The first-order chi connectivity index (χ1) is 10.5. The molecular weight excluding hydrogens is 276 g/mol. The number of hydrogen-bond donors (Lipinski definition) is 1. The molecule has 1 unspecified atom stereocenters. The molecule has 1 aromatic rings. The maximum absolute atomic E-state index is 12.0. The van der Waals surface area contributed by atoms with Crippen LogP contribution in [-0.4, -0.2) is 43.1 Å². The lowest BCUT2D eigenvalue weighted by atomic mass is 9.99. The van der Waals surface area contributed by atoms with E-state index in [-0.39, 0.29) is 11.9 Å². The summed E-state index contributed by atoms with van der Waals surface area (Å²) in [7, 11) is 0. The average Bonchev–Trinajstić information content (AvgIpc) is 2.47. The van der Waals surface area contributed by atoms with Crippen molar-refractivity contribution in [3.63, 3.8) is 0 Å². The van der Waals surface area contributed by atoms with Crippen molar-refractivity contribution >= 4 is 5.91 Å². The van der Waals surface area contributed by atoms with Gasteiger partial charge in [-0.2, -0.15) is 0 Å². The van der Waals surface area contributed by atoms with Crippen molar-refractivity contribution in [1.29, 1.82) is 0 Å². The van der Waals surface area contributed by atoms with Crippen LogP contribution < -0.4 is 10.1 Å². The summed E-state index contributed by atoms with van der Waals surface area (Å²) in [6.45, 7) is 11.7. The molecular formula is C18H28N2O2. The van der Waals surface area contributed by atoms with Crippen LogP contribution in [-0.2, 0) is 4.79 Å². The first-order valence-corrected chi connectivity index (χ1v) is 8.21. The third-order valence-electron chi connectivity index (χ3n) is 4.33. The molecule has 4 nitrogen and oxygen atoms in total. The zero-order valence-electron chi connectivity index (χ0n) is 14.2. The molecule has 0 saturated carbocycles. The Morgan fingerprint density at radius 2 is 2.09 bits per heavy atom. The molecule has 1 aromatic carbocycles. The molecule has 0 spiro atoms. The lowest BCUT2D eigenvalue weighted by Gasteiger charge is -2.37. The monoisotopic (exact) mass is 304 g/mol. The largest absolute Gasteiger partial charge is 0.494 e. The summed E-state index contributed by atoms with van der Waals surface area (Å²) >= 11 is 0. The Labute approximate surface area is 133 Å². The van der Waals surface area contributed by atoms with Crippen molar-refractivity contribution in [2.45, 2.75) is 40.2 Å². The maximum Gasteiger partial charge on any atom is 0.237 e. The summed E-state index contributed by atoms with van der Waals surface area (Å²) in [6.07, 6.45) is 0.934. The van der Waals surface area contributed by atoms with Crippen LogP contribution in [0.5, 0.6) is 5.75 Å². The van der Waals surface area contributed by atoms with Gasteiger partial charge >= 0.3 is 0 Å². The summed E-state index contributed by atoms with van der Waals surface area (Å²) in [5.41, 5.74) is 2.54. The second-order valence-electron chi connectivity index (χ2n) is 6.46. The third kappa shape index (κ3) is 4.23. The molecule has 0 aliphatic carbocycles. The predicted octanol–water partition coefficient (Wildman–Crippen LogP) is 2.53. The minimum absolute atomic E-state index is 0.00429. The van der Waals surface area contributed by atoms with E-state index in [2.05, 4.69) is 50.0 Å². The van der Waals surface area contributed by atoms with Crippen LogP contribution in [0.15, 0.2) is 18.2 Å². The Hall–Kier alpha value is -1.55. The van der Waals surface area contributed by atoms with E-state index in [4.69, 9.17) is 4.74 Å². The second-order valence-corrected chi connectivity index (χ2v) is 6.46. The second kappa shape index (κ2) is 7.63. The van der Waals surface area contributed by atoms with E-state index < -0.39 is 0 Å². The summed E-state index contributed by atoms with van der Waals surface area (Å²) in [5, 5.41) is 2.96. The van der Waals surface area contributed by atoms with Crippen LogP contribution >= 0.6 is 0 Å². The highest BCUT2D eigenvalue weighted by atomic mass is 16.5. The number of rotatable bonds is 6. The topological polar surface area (TPSA) is 41.6 Å². The number of aryl methyl sites for hydroxylation is 2. The van der Waals surface area contributed by atoms with Crippen molar-refractivity contribution in [2.24, 2.45) is 5.92 Å². The Morgan fingerprint density at radius 1 is 1.32 bits per heavy atom. The Kier molecular flexibility index (Phi) is 5.83. The van der Waals surface area contributed by atoms with Crippen LogP contribution in [0.1, 0.15) is 31.4 Å². The number of nitrogens with one attached hydrogen (secondary N) is 1. The quantitative estimate of drug-likeness (QED) is 0.821. The van der Waals surface area contributed by atoms with Gasteiger partial charge in [-0.3, -0.25) is 9.69 Å².